The van der Waals surface area contributed by atoms with E-state index in [0.717, 1.165) is 0 Å². The first-order valence-electron chi connectivity index (χ1n) is 11.1. The minimum absolute atomic E-state index is 0.0946. The van der Waals surface area contributed by atoms with Crippen molar-refractivity contribution in [2.24, 2.45) is 4.99 Å². The van der Waals surface area contributed by atoms with Crippen molar-refractivity contribution in [3.8, 4) is 5.75 Å². The molecule has 1 saturated heterocycles. The molecule has 190 valence electrons. The van der Waals surface area contributed by atoms with Gasteiger partial charge >= 0.3 is 5.97 Å². The van der Waals surface area contributed by atoms with Gasteiger partial charge in [-0.05, 0) is 84.4 Å². The molecule has 0 atom stereocenters. The Morgan fingerprint density at radius 3 is 2.46 bits per heavy atom. The summed E-state index contributed by atoms with van der Waals surface area (Å²) in [5, 5.41) is 0.998. The van der Waals surface area contributed by atoms with Crippen LogP contribution in [0.2, 0.25) is 10.0 Å². The quantitative estimate of drug-likeness (QED) is 0.228. The van der Waals surface area contributed by atoms with E-state index < -0.39 is 5.97 Å². The Hall–Kier alpha value is -3.33. The molecule has 0 bridgehead atoms. The number of hydrogen-bond donors (Lipinski definition) is 0. The van der Waals surface area contributed by atoms with Crippen molar-refractivity contribution in [2.45, 2.75) is 13.5 Å². The van der Waals surface area contributed by atoms with Gasteiger partial charge in [0, 0.05) is 7.05 Å². The van der Waals surface area contributed by atoms with Crippen molar-refractivity contribution >= 4 is 63.8 Å². The predicted molar refractivity (Wildman–Crippen MR) is 145 cm³/mol. The van der Waals surface area contributed by atoms with Crippen molar-refractivity contribution in [1.82, 2.24) is 4.90 Å². The fourth-order valence-corrected chi connectivity index (χ4v) is 4.98. The molecule has 1 amide bonds. The van der Waals surface area contributed by atoms with E-state index in [0.29, 0.717) is 39.1 Å². The molecule has 1 heterocycles. The molecular weight excluding hydrogens is 538 g/mol. The second-order valence-corrected chi connectivity index (χ2v) is 9.69. The molecule has 0 aromatic heterocycles. The molecule has 0 saturated carbocycles. The van der Waals surface area contributed by atoms with Crippen LogP contribution in [-0.4, -0.2) is 35.6 Å². The Morgan fingerprint density at radius 2 is 1.81 bits per heavy atom. The Kier molecular flexibility index (Phi) is 8.53. The summed E-state index contributed by atoms with van der Waals surface area (Å²) in [5.74, 6) is -0.728. The van der Waals surface area contributed by atoms with Crippen LogP contribution in [0.3, 0.4) is 0 Å². The number of carbonyl (C=O) groups is 2. The fourth-order valence-electron chi connectivity index (χ4n) is 3.38. The average molecular weight is 559 g/mol. The Bertz CT molecular complexity index is 1390. The second-order valence-electron chi connectivity index (χ2n) is 7.87. The zero-order valence-electron chi connectivity index (χ0n) is 19.8. The molecule has 6 nitrogen and oxygen atoms in total. The minimum atomic E-state index is -0.405. The lowest BCUT2D eigenvalue weighted by atomic mass is 10.2. The molecule has 1 aliphatic rings. The van der Waals surface area contributed by atoms with E-state index in [9.17, 15) is 14.0 Å². The highest BCUT2D eigenvalue weighted by atomic mass is 35.5. The lowest BCUT2D eigenvalue weighted by molar-refractivity contribution is -0.121. The number of aliphatic imine (C=N–C) groups is 1. The third-order valence-corrected chi connectivity index (χ3v) is 6.82. The monoisotopic (exact) mass is 558 g/mol. The van der Waals surface area contributed by atoms with E-state index in [1.54, 1.807) is 68.6 Å². The Balaban J connectivity index is 1.50. The van der Waals surface area contributed by atoms with Crippen molar-refractivity contribution in [1.29, 1.82) is 0 Å². The summed E-state index contributed by atoms with van der Waals surface area (Å²) >= 11 is 14.0. The largest absolute Gasteiger partial charge is 0.486 e. The highest BCUT2D eigenvalue weighted by Crippen LogP contribution is 2.38. The van der Waals surface area contributed by atoms with Crippen LogP contribution >= 0.6 is 35.0 Å². The molecule has 3 aromatic carbocycles. The second kappa shape index (κ2) is 11.8. The molecule has 3 aromatic rings. The fraction of sp³-hybridized carbons (Fsp3) is 0.148. The summed E-state index contributed by atoms with van der Waals surface area (Å²) in [5.41, 5.74) is 2.25. The van der Waals surface area contributed by atoms with Gasteiger partial charge in [0.05, 0.1) is 32.8 Å². The van der Waals surface area contributed by atoms with Crippen LogP contribution in [0.15, 0.2) is 70.6 Å². The maximum Gasteiger partial charge on any atom is 0.338 e. The first-order chi connectivity index (χ1) is 17.7. The summed E-state index contributed by atoms with van der Waals surface area (Å²) in [7, 11) is 1.63. The van der Waals surface area contributed by atoms with E-state index in [4.69, 9.17) is 32.7 Å². The van der Waals surface area contributed by atoms with E-state index in [-0.39, 0.29) is 34.1 Å². The molecule has 1 aliphatic heterocycles. The van der Waals surface area contributed by atoms with Gasteiger partial charge in [-0.15, -0.1) is 0 Å². The first-order valence-corrected chi connectivity index (χ1v) is 12.7. The normalized spacial score (nSPS) is 15.5. The number of carbonyl (C=O) groups excluding carboxylic acids is 2. The van der Waals surface area contributed by atoms with Crippen LogP contribution < -0.4 is 4.74 Å². The highest BCUT2D eigenvalue weighted by molar-refractivity contribution is 8.18. The number of hydrogen-bond acceptors (Lipinski definition) is 6. The van der Waals surface area contributed by atoms with Gasteiger partial charge in [0.2, 0.25) is 0 Å². The van der Waals surface area contributed by atoms with Crippen LogP contribution in [0, 0.1) is 5.82 Å². The number of rotatable bonds is 7. The molecule has 0 spiro atoms. The highest BCUT2D eigenvalue weighted by Gasteiger charge is 2.30. The molecule has 0 N–H and O–H groups in total. The SMILES string of the molecule is CCOC(=O)c1ccc(N=C2S/C(=C\c3cc(Cl)c(OCc4cccc(F)c4)c(Cl)c3)C(=O)N2C)cc1. The van der Waals surface area contributed by atoms with Gasteiger partial charge in [0.25, 0.3) is 5.91 Å². The van der Waals surface area contributed by atoms with Crippen LogP contribution in [0.1, 0.15) is 28.4 Å². The van der Waals surface area contributed by atoms with Crippen LogP contribution in [0.25, 0.3) is 6.08 Å². The maximum absolute atomic E-state index is 13.4. The number of nitrogens with zero attached hydrogens (tertiary/aromatic N) is 2. The van der Waals surface area contributed by atoms with Crippen molar-refractivity contribution < 1.29 is 23.5 Å². The van der Waals surface area contributed by atoms with Gasteiger partial charge in [-0.25, -0.2) is 14.2 Å². The molecule has 10 heteroatoms. The molecule has 4 rings (SSSR count). The topological polar surface area (TPSA) is 68.2 Å². The van der Waals surface area contributed by atoms with Crippen molar-refractivity contribution in [3.63, 3.8) is 0 Å². The number of amidine groups is 1. The lowest BCUT2D eigenvalue weighted by Gasteiger charge is -2.11. The summed E-state index contributed by atoms with van der Waals surface area (Å²) in [6, 6.07) is 15.9. The summed E-state index contributed by atoms with van der Waals surface area (Å²) in [4.78, 5) is 31.1. The smallest absolute Gasteiger partial charge is 0.338 e. The molecule has 0 aliphatic carbocycles. The summed E-state index contributed by atoms with van der Waals surface area (Å²) in [6.45, 7) is 2.13. The lowest BCUT2D eigenvalue weighted by Crippen LogP contribution is -2.23. The van der Waals surface area contributed by atoms with Crippen molar-refractivity contribution in [3.05, 3.63) is 98.1 Å². The standard InChI is InChI=1S/C27H21Cl2FN2O4S/c1-3-35-26(34)18-7-9-20(10-8-18)31-27-32(2)25(33)23(37-27)14-17-12-21(28)24(22(29)13-17)36-15-16-5-4-6-19(30)11-16/h4-14H,3,15H2,1-2H3/b23-14-,31-27?. The number of halogens is 3. The Morgan fingerprint density at radius 1 is 1.11 bits per heavy atom. The summed E-state index contributed by atoms with van der Waals surface area (Å²) < 4.78 is 24.1. The van der Waals surface area contributed by atoms with Gasteiger partial charge in [-0.2, -0.15) is 0 Å². The minimum Gasteiger partial charge on any atom is -0.486 e. The van der Waals surface area contributed by atoms with Gasteiger partial charge in [-0.1, -0.05) is 35.3 Å². The van der Waals surface area contributed by atoms with Gasteiger partial charge in [0.15, 0.2) is 10.9 Å². The number of thioether (sulfide) groups is 1. The number of esters is 1. The van der Waals surface area contributed by atoms with Crippen LogP contribution in [0.4, 0.5) is 10.1 Å². The summed E-state index contributed by atoms with van der Waals surface area (Å²) in [6.07, 6.45) is 1.67. The van der Waals surface area contributed by atoms with E-state index in [1.165, 1.54) is 28.8 Å². The first kappa shape index (κ1) is 26.7. The third kappa shape index (κ3) is 6.52. The maximum atomic E-state index is 13.4. The zero-order valence-corrected chi connectivity index (χ0v) is 22.2. The molecule has 0 unspecified atom stereocenters. The Labute approximate surface area is 227 Å². The van der Waals surface area contributed by atoms with Crippen molar-refractivity contribution in [2.75, 3.05) is 13.7 Å². The number of likely N-dealkylation sites (N-methyl/N-ethyl adjacent to an activating group) is 1. The zero-order chi connectivity index (χ0) is 26.5. The molecule has 0 radical (unpaired) electrons. The number of benzene rings is 3. The van der Waals surface area contributed by atoms with Crippen LogP contribution in [-0.2, 0) is 16.1 Å². The number of amides is 1. The van der Waals surface area contributed by atoms with E-state index in [1.807, 2.05) is 0 Å². The van der Waals surface area contributed by atoms with E-state index in [2.05, 4.69) is 4.99 Å². The third-order valence-electron chi connectivity index (χ3n) is 5.20. The van der Waals surface area contributed by atoms with Gasteiger partial charge in [-0.3, -0.25) is 9.69 Å². The molecule has 37 heavy (non-hydrogen) atoms. The predicted octanol–water partition coefficient (Wildman–Crippen LogP) is 7.12. The molecule has 1 fully saturated rings. The van der Waals surface area contributed by atoms with Gasteiger partial charge < -0.3 is 9.47 Å². The van der Waals surface area contributed by atoms with Gasteiger partial charge in [0.1, 0.15) is 12.4 Å². The average Bonchev–Trinajstić information content (AvgIpc) is 3.11. The van der Waals surface area contributed by atoms with E-state index >= 15 is 0 Å². The van der Waals surface area contributed by atoms with Crippen LogP contribution in [0.5, 0.6) is 5.75 Å². The number of ether oxygens (including phenoxy) is 2. The molecular formula is C27H21Cl2FN2O4S.